The Balaban J connectivity index is 1.64. The second kappa shape index (κ2) is 9.28. The van der Waals surface area contributed by atoms with Crippen molar-refractivity contribution in [3.05, 3.63) is 34.9 Å². The lowest BCUT2D eigenvalue weighted by atomic mass is 9.89. The molecule has 1 aromatic carbocycles. The van der Waals surface area contributed by atoms with Gasteiger partial charge in [-0.15, -0.1) is 0 Å². The maximum atomic E-state index is 13.0. The summed E-state index contributed by atoms with van der Waals surface area (Å²) in [7, 11) is 0. The maximum Gasteiger partial charge on any atom is 0.407 e. The number of imide groups is 2. The van der Waals surface area contributed by atoms with E-state index in [1.807, 2.05) is 0 Å². The van der Waals surface area contributed by atoms with Crippen molar-refractivity contribution in [2.24, 2.45) is 0 Å². The Morgan fingerprint density at radius 2 is 1.87 bits per heavy atom. The average molecular weight is 429 g/mol. The normalized spacial score (nSPS) is 20.5. The molecular weight excluding hydrogens is 402 g/mol. The molecule has 1 aromatic rings. The topological polar surface area (TPSA) is 122 Å². The Labute approximate surface area is 180 Å². The number of carbonyl (C=O) groups is 5. The molecule has 3 rings (SSSR count). The molecule has 1 unspecified atom stereocenters. The van der Waals surface area contributed by atoms with Crippen LogP contribution in [0.25, 0.3) is 0 Å². The molecule has 0 radical (unpaired) electrons. The zero-order chi connectivity index (χ0) is 22.6. The Bertz CT molecular complexity index is 928. The molecule has 5 amide bonds. The molecule has 31 heavy (non-hydrogen) atoms. The summed E-state index contributed by atoms with van der Waals surface area (Å²) in [5.41, 5.74) is -0.444. The molecule has 2 aliphatic heterocycles. The largest absolute Gasteiger partial charge is 0.450 e. The number of hydrogen-bond donors (Lipinski definition) is 2. The minimum Gasteiger partial charge on any atom is -0.450 e. The van der Waals surface area contributed by atoms with Crippen molar-refractivity contribution in [2.45, 2.75) is 64.5 Å². The van der Waals surface area contributed by atoms with Gasteiger partial charge in [-0.2, -0.15) is 0 Å². The van der Waals surface area contributed by atoms with E-state index < -0.39 is 35.3 Å². The van der Waals surface area contributed by atoms with Crippen LogP contribution in [-0.4, -0.2) is 46.8 Å². The number of rotatable bonds is 8. The van der Waals surface area contributed by atoms with Gasteiger partial charge in [-0.1, -0.05) is 32.3 Å². The third-order valence-electron chi connectivity index (χ3n) is 5.69. The first-order valence-electron chi connectivity index (χ1n) is 10.5. The molecule has 1 atom stereocenters. The number of carbonyl (C=O) groups excluding carboxylic acids is 5. The Kier molecular flexibility index (Phi) is 6.72. The Morgan fingerprint density at radius 1 is 1.13 bits per heavy atom. The summed E-state index contributed by atoms with van der Waals surface area (Å²) in [5.74, 6) is -2.25. The zero-order valence-electron chi connectivity index (χ0n) is 17.8. The number of nitrogens with one attached hydrogen (secondary N) is 2. The van der Waals surface area contributed by atoms with E-state index >= 15 is 0 Å². The van der Waals surface area contributed by atoms with E-state index in [1.54, 1.807) is 6.07 Å². The standard InChI is InChI=1S/C22H27N3O6/c1-3-4-5-6-11-31-21(30)23-13-14-7-8-15-16(12-14)19(28)25(18(15)27)22(2)10-9-17(26)24-20(22)29/h7-8,12H,3-6,9-11,13H2,1-2H3,(H,23,30)(H,24,26,29). The first-order valence-corrected chi connectivity index (χ1v) is 10.5. The fourth-order valence-electron chi connectivity index (χ4n) is 3.77. The monoisotopic (exact) mass is 429 g/mol. The van der Waals surface area contributed by atoms with Crippen LogP contribution in [0, 0.1) is 0 Å². The van der Waals surface area contributed by atoms with E-state index in [0.29, 0.717) is 12.2 Å². The lowest BCUT2D eigenvalue weighted by Gasteiger charge is -2.38. The minimum atomic E-state index is -1.43. The number of fused-ring (bicyclic) bond motifs is 1. The van der Waals surface area contributed by atoms with Gasteiger partial charge in [-0.3, -0.25) is 29.4 Å². The number of ether oxygens (including phenoxy) is 1. The third kappa shape index (κ3) is 4.60. The Hall–Kier alpha value is -3.23. The molecule has 2 aliphatic rings. The van der Waals surface area contributed by atoms with E-state index in [2.05, 4.69) is 17.6 Å². The summed E-state index contributed by atoms with van der Waals surface area (Å²) in [6, 6.07) is 4.69. The molecule has 2 heterocycles. The Morgan fingerprint density at radius 3 is 2.58 bits per heavy atom. The highest BCUT2D eigenvalue weighted by atomic mass is 16.5. The third-order valence-corrected chi connectivity index (χ3v) is 5.69. The van der Waals surface area contributed by atoms with Crippen molar-refractivity contribution in [3.8, 4) is 0 Å². The molecular formula is C22H27N3O6. The number of amides is 5. The van der Waals surface area contributed by atoms with Gasteiger partial charge in [0, 0.05) is 13.0 Å². The fourth-order valence-corrected chi connectivity index (χ4v) is 3.77. The van der Waals surface area contributed by atoms with Crippen LogP contribution in [-0.2, 0) is 20.9 Å². The van der Waals surface area contributed by atoms with E-state index in [4.69, 9.17) is 4.74 Å². The minimum absolute atomic E-state index is 0.0470. The molecule has 0 bridgehead atoms. The number of hydrogen-bond acceptors (Lipinski definition) is 6. The van der Waals surface area contributed by atoms with E-state index in [9.17, 15) is 24.0 Å². The van der Waals surface area contributed by atoms with Crippen LogP contribution in [0.15, 0.2) is 18.2 Å². The van der Waals surface area contributed by atoms with Gasteiger partial charge in [0.15, 0.2) is 0 Å². The van der Waals surface area contributed by atoms with Gasteiger partial charge in [0.2, 0.25) is 5.91 Å². The second-order valence-electron chi connectivity index (χ2n) is 8.03. The van der Waals surface area contributed by atoms with Crippen LogP contribution in [0.1, 0.15) is 78.7 Å². The van der Waals surface area contributed by atoms with Gasteiger partial charge in [-0.25, -0.2) is 4.79 Å². The van der Waals surface area contributed by atoms with Crippen LogP contribution in [0.4, 0.5) is 4.79 Å². The molecule has 2 N–H and O–H groups in total. The molecule has 0 aromatic heterocycles. The first kappa shape index (κ1) is 22.5. The van der Waals surface area contributed by atoms with Crippen molar-refractivity contribution < 1.29 is 28.7 Å². The van der Waals surface area contributed by atoms with Crippen LogP contribution in [0.2, 0.25) is 0 Å². The highest BCUT2D eigenvalue weighted by Crippen LogP contribution is 2.34. The van der Waals surface area contributed by atoms with Crippen molar-refractivity contribution in [1.29, 1.82) is 0 Å². The summed E-state index contributed by atoms with van der Waals surface area (Å²) >= 11 is 0. The van der Waals surface area contributed by atoms with Gasteiger partial charge in [0.05, 0.1) is 17.7 Å². The van der Waals surface area contributed by atoms with Crippen molar-refractivity contribution in [1.82, 2.24) is 15.5 Å². The number of nitrogens with zero attached hydrogens (tertiary/aromatic N) is 1. The predicted octanol–water partition coefficient (Wildman–Crippen LogP) is 2.28. The smallest absolute Gasteiger partial charge is 0.407 e. The molecule has 1 fully saturated rings. The molecule has 0 saturated carbocycles. The van der Waals surface area contributed by atoms with Gasteiger partial charge >= 0.3 is 6.09 Å². The number of benzene rings is 1. The van der Waals surface area contributed by atoms with Crippen LogP contribution in [0.5, 0.6) is 0 Å². The van der Waals surface area contributed by atoms with Gasteiger partial charge < -0.3 is 10.1 Å². The van der Waals surface area contributed by atoms with Gasteiger partial charge in [0.25, 0.3) is 17.7 Å². The lowest BCUT2D eigenvalue weighted by Crippen LogP contribution is -2.62. The highest BCUT2D eigenvalue weighted by Gasteiger charge is 2.52. The molecule has 166 valence electrons. The number of piperidine rings is 1. The summed E-state index contributed by atoms with van der Waals surface area (Å²) in [4.78, 5) is 62.5. The van der Waals surface area contributed by atoms with Crippen molar-refractivity contribution in [2.75, 3.05) is 6.61 Å². The van der Waals surface area contributed by atoms with Crippen LogP contribution < -0.4 is 10.6 Å². The lowest BCUT2D eigenvalue weighted by molar-refractivity contribution is -0.140. The van der Waals surface area contributed by atoms with Gasteiger partial charge in [0.1, 0.15) is 5.54 Å². The van der Waals surface area contributed by atoms with Crippen LogP contribution >= 0.6 is 0 Å². The fraction of sp³-hybridized carbons (Fsp3) is 0.500. The maximum absolute atomic E-state index is 13.0. The van der Waals surface area contributed by atoms with Crippen LogP contribution in [0.3, 0.4) is 0 Å². The van der Waals surface area contributed by atoms with Crippen molar-refractivity contribution in [3.63, 3.8) is 0 Å². The van der Waals surface area contributed by atoms with E-state index in [1.165, 1.54) is 19.1 Å². The molecule has 1 saturated heterocycles. The molecule has 0 aliphatic carbocycles. The predicted molar refractivity (Wildman–Crippen MR) is 110 cm³/mol. The van der Waals surface area contributed by atoms with Gasteiger partial charge in [-0.05, 0) is 37.5 Å². The molecule has 0 spiro atoms. The second-order valence-corrected chi connectivity index (χ2v) is 8.03. The summed E-state index contributed by atoms with van der Waals surface area (Å²) < 4.78 is 5.12. The summed E-state index contributed by atoms with van der Waals surface area (Å²) in [6.07, 6.45) is 3.59. The van der Waals surface area contributed by atoms with E-state index in [-0.39, 0.29) is 30.5 Å². The van der Waals surface area contributed by atoms with E-state index in [0.717, 1.165) is 30.6 Å². The average Bonchev–Trinajstić information content (AvgIpc) is 2.99. The summed E-state index contributed by atoms with van der Waals surface area (Å²) in [6.45, 7) is 4.07. The molecule has 9 nitrogen and oxygen atoms in total. The zero-order valence-corrected chi connectivity index (χ0v) is 17.8. The highest BCUT2D eigenvalue weighted by molar-refractivity contribution is 6.24. The number of unbranched alkanes of at least 4 members (excludes halogenated alkanes) is 3. The SMILES string of the molecule is CCCCCCOC(=O)NCc1ccc2c(c1)C(=O)N(C1(C)CCC(=O)NC1=O)C2=O. The first-order chi connectivity index (χ1) is 14.8. The number of alkyl carbamates (subject to hydrolysis) is 1. The molecule has 9 heteroatoms. The quantitative estimate of drug-likeness (QED) is 0.483. The van der Waals surface area contributed by atoms with Crippen molar-refractivity contribution >= 4 is 29.7 Å². The summed E-state index contributed by atoms with van der Waals surface area (Å²) in [5, 5.41) is 4.83.